The van der Waals surface area contributed by atoms with Crippen LogP contribution in [0.5, 0.6) is 0 Å². The molecule has 3 nitrogen and oxygen atoms in total. The highest BCUT2D eigenvalue weighted by atomic mass is 16.6. The first-order valence-electron chi connectivity index (χ1n) is 5.24. The maximum atomic E-state index is 10.5. The van der Waals surface area contributed by atoms with Crippen molar-refractivity contribution in [3.8, 4) is 0 Å². The monoisotopic (exact) mass is 225 g/mol. The topological polar surface area (TPSA) is 43.1 Å². The number of hydrogen-bond acceptors (Lipinski definition) is 2. The summed E-state index contributed by atoms with van der Waals surface area (Å²) in [6, 6.07) is 6.55. The van der Waals surface area contributed by atoms with E-state index in [2.05, 4.69) is 0 Å². The summed E-state index contributed by atoms with van der Waals surface area (Å²) in [6.45, 7) is 0. The summed E-state index contributed by atoms with van der Waals surface area (Å²) >= 11 is 0. The van der Waals surface area contributed by atoms with Gasteiger partial charge in [0.1, 0.15) is 0 Å². The molecule has 3 heteroatoms. The fourth-order valence-electron chi connectivity index (χ4n) is 1.53. The quantitative estimate of drug-likeness (QED) is 0.569. The Bertz CT molecular complexity index is 534. The van der Waals surface area contributed by atoms with E-state index in [1.165, 1.54) is 12.1 Å². The molecule has 1 aliphatic carbocycles. The molecule has 1 aromatic rings. The van der Waals surface area contributed by atoms with E-state index in [9.17, 15) is 10.1 Å². The Morgan fingerprint density at radius 2 is 1.53 bits per heavy atom. The molecule has 0 amide bonds. The van der Waals surface area contributed by atoms with Crippen molar-refractivity contribution in [1.82, 2.24) is 0 Å². The Kier molecular flexibility index (Phi) is 3.31. The van der Waals surface area contributed by atoms with E-state index in [1.54, 1.807) is 12.1 Å². The standard InChI is InChI=1S/C14H11NO2/c16-15(17)14-10-8-13(9-11-14)12-6-4-2-1-3-5-7-12/h1-11H/b2-1-,3-1?,4-2?,5-3-,6-4-,7-5?,12-6?,12-7+. The third-order valence-electron chi connectivity index (χ3n) is 2.41. The minimum atomic E-state index is -0.394. The van der Waals surface area contributed by atoms with E-state index >= 15 is 0 Å². The average molecular weight is 225 g/mol. The summed E-state index contributed by atoms with van der Waals surface area (Å²) in [6.07, 6.45) is 13.7. The summed E-state index contributed by atoms with van der Waals surface area (Å²) in [4.78, 5) is 10.2. The maximum Gasteiger partial charge on any atom is 0.269 e. The van der Waals surface area contributed by atoms with Gasteiger partial charge in [-0.2, -0.15) is 0 Å². The van der Waals surface area contributed by atoms with Crippen LogP contribution < -0.4 is 0 Å². The van der Waals surface area contributed by atoms with Gasteiger partial charge in [-0.05, 0) is 23.3 Å². The predicted octanol–water partition coefficient (Wildman–Crippen LogP) is 3.66. The first kappa shape index (κ1) is 11.1. The molecule has 17 heavy (non-hydrogen) atoms. The van der Waals surface area contributed by atoms with Gasteiger partial charge in [0.2, 0.25) is 0 Å². The Balaban J connectivity index is 2.31. The fraction of sp³-hybridized carbons (Fsp3) is 0. The number of nitro groups is 1. The molecule has 0 fully saturated rings. The summed E-state index contributed by atoms with van der Waals surface area (Å²) < 4.78 is 0. The second kappa shape index (κ2) is 5.07. The molecule has 0 unspecified atom stereocenters. The zero-order valence-corrected chi connectivity index (χ0v) is 9.11. The lowest BCUT2D eigenvalue weighted by Crippen LogP contribution is -1.88. The minimum absolute atomic E-state index is 0.111. The van der Waals surface area contributed by atoms with Crippen molar-refractivity contribution in [3.05, 3.63) is 82.5 Å². The molecular weight excluding hydrogens is 214 g/mol. The number of non-ortho nitro benzene ring substituents is 1. The smallest absolute Gasteiger partial charge is 0.258 e. The lowest BCUT2D eigenvalue weighted by Gasteiger charge is -2.02. The zero-order chi connectivity index (χ0) is 12.1. The molecule has 0 atom stereocenters. The molecule has 2 rings (SSSR count). The molecule has 0 bridgehead atoms. The Hall–Kier alpha value is -2.42. The van der Waals surface area contributed by atoms with Crippen LogP contribution in [0.4, 0.5) is 5.69 Å². The third kappa shape index (κ3) is 2.78. The largest absolute Gasteiger partial charge is 0.269 e. The highest BCUT2D eigenvalue weighted by Crippen LogP contribution is 2.20. The van der Waals surface area contributed by atoms with Crippen LogP contribution in [-0.4, -0.2) is 4.92 Å². The van der Waals surface area contributed by atoms with Crippen LogP contribution in [0.2, 0.25) is 0 Å². The van der Waals surface area contributed by atoms with E-state index in [-0.39, 0.29) is 5.69 Å². The molecule has 1 aromatic carbocycles. The van der Waals surface area contributed by atoms with Crippen LogP contribution in [0.25, 0.3) is 5.57 Å². The van der Waals surface area contributed by atoms with Crippen molar-refractivity contribution in [3.63, 3.8) is 0 Å². The van der Waals surface area contributed by atoms with Crippen LogP contribution in [-0.2, 0) is 0 Å². The Morgan fingerprint density at radius 1 is 0.882 bits per heavy atom. The molecule has 0 aromatic heterocycles. The molecular formula is C14H11NO2. The average Bonchev–Trinajstić information content (AvgIpc) is 2.29. The molecule has 0 heterocycles. The van der Waals surface area contributed by atoms with Crippen molar-refractivity contribution in [1.29, 1.82) is 0 Å². The highest BCUT2D eigenvalue weighted by molar-refractivity contribution is 5.76. The lowest BCUT2D eigenvalue weighted by molar-refractivity contribution is -0.384. The molecule has 0 aliphatic heterocycles. The van der Waals surface area contributed by atoms with E-state index in [4.69, 9.17) is 0 Å². The summed E-state index contributed by atoms with van der Waals surface area (Å²) in [5, 5.41) is 10.5. The Labute approximate surface area is 99.2 Å². The number of rotatable bonds is 2. The molecule has 0 radical (unpaired) electrons. The molecule has 0 saturated heterocycles. The van der Waals surface area contributed by atoms with Gasteiger partial charge >= 0.3 is 0 Å². The van der Waals surface area contributed by atoms with Crippen LogP contribution in [0.15, 0.2) is 66.8 Å². The summed E-state index contributed by atoms with van der Waals surface area (Å²) in [7, 11) is 0. The zero-order valence-electron chi connectivity index (χ0n) is 9.11. The van der Waals surface area contributed by atoms with Gasteiger partial charge in [0.15, 0.2) is 0 Å². The first-order chi connectivity index (χ1) is 8.27. The van der Waals surface area contributed by atoms with Gasteiger partial charge < -0.3 is 0 Å². The number of nitrogens with zero attached hydrogens (tertiary/aromatic N) is 1. The first-order valence-corrected chi connectivity index (χ1v) is 5.24. The number of nitro benzene ring substituents is 1. The van der Waals surface area contributed by atoms with Gasteiger partial charge in [-0.3, -0.25) is 10.1 Å². The molecule has 1 aliphatic rings. The van der Waals surface area contributed by atoms with Gasteiger partial charge in [0.25, 0.3) is 5.69 Å². The van der Waals surface area contributed by atoms with Crippen LogP contribution in [0.1, 0.15) is 5.56 Å². The van der Waals surface area contributed by atoms with Gasteiger partial charge in [-0.25, -0.2) is 0 Å². The highest BCUT2D eigenvalue weighted by Gasteiger charge is 2.04. The number of hydrogen-bond donors (Lipinski definition) is 0. The van der Waals surface area contributed by atoms with Crippen molar-refractivity contribution in [2.75, 3.05) is 0 Å². The van der Waals surface area contributed by atoms with Gasteiger partial charge in [-0.15, -0.1) is 0 Å². The molecule has 0 saturated carbocycles. The number of benzene rings is 1. The number of allylic oxidation sites excluding steroid dienone is 8. The normalized spacial score (nSPS) is 22.7. The maximum absolute atomic E-state index is 10.5. The Morgan fingerprint density at radius 3 is 2.24 bits per heavy atom. The second-order valence-corrected chi connectivity index (χ2v) is 3.55. The van der Waals surface area contributed by atoms with E-state index < -0.39 is 4.92 Å². The van der Waals surface area contributed by atoms with Crippen molar-refractivity contribution in [2.24, 2.45) is 0 Å². The van der Waals surface area contributed by atoms with Gasteiger partial charge in [0, 0.05) is 12.1 Å². The van der Waals surface area contributed by atoms with Gasteiger partial charge in [0.05, 0.1) is 4.92 Å². The second-order valence-electron chi connectivity index (χ2n) is 3.55. The van der Waals surface area contributed by atoms with Gasteiger partial charge in [-0.1, -0.05) is 42.5 Å². The molecule has 0 N–H and O–H groups in total. The van der Waals surface area contributed by atoms with E-state index in [1.807, 2.05) is 42.5 Å². The fourth-order valence-corrected chi connectivity index (χ4v) is 1.53. The van der Waals surface area contributed by atoms with Crippen molar-refractivity contribution in [2.45, 2.75) is 0 Å². The van der Waals surface area contributed by atoms with Crippen LogP contribution >= 0.6 is 0 Å². The lowest BCUT2D eigenvalue weighted by atomic mass is 10.0. The summed E-state index contributed by atoms with van der Waals surface area (Å²) in [5.74, 6) is 0. The molecule has 84 valence electrons. The van der Waals surface area contributed by atoms with E-state index in [0.29, 0.717) is 0 Å². The molecule has 0 spiro atoms. The SMILES string of the molecule is O=[N+]([O-])c1ccc(C2=C/C=C\C=C/C=C\2)cc1. The van der Waals surface area contributed by atoms with Crippen molar-refractivity contribution >= 4 is 11.3 Å². The van der Waals surface area contributed by atoms with Crippen LogP contribution in [0.3, 0.4) is 0 Å². The summed E-state index contributed by atoms with van der Waals surface area (Å²) in [5.41, 5.74) is 2.10. The third-order valence-corrected chi connectivity index (χ3v) is 2.41. The predicted molar refractivity (Wildman–Crippen MR) is 68.5 cm³/mol. The van der Waals surface area contributed by atoms with Crippen LogP contribution in [0, 0.1) is 10.1 Å². The van der Waals surface area contributed by atoms with E-state index in [0.717, 1.165) is 11.1 Å². The minimum Gasteiger partial charge on any atom is -0.258 e. The van der Waals surface area contributed by atoms with Crippen molar-refractivity contribution < 1.29 is 4.92 Å².